The smallest absolute Gasteiger partial charge is 0.237 e. The summed E-state index contributed by atoms with van der Waals surface area (Å²) in [6, 6.07) is 9.31. The number of ether oxygens (including phenoxy) is 1. The highest BCUT2D eigenvalue weighted by molar-refractivity contribution is 7.10. The highest BCUT2D eigenvalue weighted by Crippen LogP contribution is 2.34. The van der Waals surface area contributed by atoms with Gasteiger partial charge in [-0.2, -0.15) is 0 Å². The molecule has 0 spiro atoms. The lowest BCUT2D eigenvalue weighted by Gasteiger charge is -2.37. The van der Waals surface area contributed by atoms with Crippen molar-refractivity contribution in [3.63, 3.8) is 0 Å². The predicted molar refractivity (Wildman–Crippen MR) is 127 cm³/mol. The molecule has 2 heterocycles. The van der Waals surface area contributed by atoms with Gasteiger partial charge in [0.2, 0.25) is 5.91 Å². The number of rotatable bonds is 10. The van der Waals surface area contributed by atoms with Crippen molar-refractivity contribution in [3.8, 4) is 5.75 Å². The maximum atomic E-state index is 13.4. The summed E-state index contributed by atoms with van der Waals surface area (Å²) in [5, 5.41) is 12.9. The average molecular weight is 465 g/mol. The Balaban J connectivity index is 1.73. The zero-order valence-corrected chi connectivity index (χ0v) is 20.2. The fourth-order valence-electron chi connectivity index (χ4n) is 4.01. The van der Waals surface area contributed by atoms with Crippen LogP contribution in [0.1, 0.15) is 43.7 Å². The van der Waals surface area contributed by atoms with Gasteiger partial charge in [0.25, 0.3) is 0 Å². The third-order valence-electron chi connectivity index (χ3n) is 5.56. The molecular weight excluding hydrogens is 432 g/mol. The van der Waals surface area contributed by atoms with Crippen molar-refractivity contribution in [2.24, 2.45) is 5.92 Å². The van der Waals surface area contributed by atoms with Gasteiger partial charge in [-0.3, -0.25) is 9.69 Å². The fraction of sp³-hybridized carbons (Fsp3) is 0.542. The van der Waals surface area contributed by atoms with Crippen molar-refractivity contribution in [1.29, 1.82) is 0 Å². The van der Waals surface area contributed by atoms with Crippen molar-refractivity contribution < 1.29 is 14.6 Å². The van der Waals surface area contributed by atoms with Crippen LogP contribution in [0.25, 0.3) is 0 Å². The molecule has 0 radical (unpaired) electrons. The molecule has 1 aromatic heterocycles. The van der Waals surface area contributed by atoms with Gasteiger partial charge in [-0.05, 0) is 60.0 Å². The zero-order chi connectivity index (χ0) is 22.4. The Bertz CT molecular complexity index is 840. The number of aliphatic hydroxyl groups is 1. The van der Waals surface area contributed by atoms with Crippen molar-refractivity contribution >= 4 is 28.8 Å². The maximum Gasteiger partial charge on any atom is 0.237 e. The fourth-order valence-corrected chi connectivity index (χ4v) is 5.06. The van der Waals surface area contributed by atoms with E-state index in [-0.39, 0.29) is 11.9 Å². The van der Waals surface area contributed by atoms with E-state index in [1.807, 2.05) is 24.0 Å². The molecule has 170 valence electrons. The van der Waals surface area contributed by atoms with Gasteiger partial charge in [0.15, 0.2) is 0 Å². The van der Waals surface area contributed by atoms with Crippen molar-refractivity contribution in [2.75, 3.05) is 32.8 Å². The second-order valence-electron chi connectivity index (χ2n) is 8.57. The van der Waals surface area contributed by atoms with Crippen molar-refractivity contribution in [3.05, 3.63) is 51.2 Å². The van der Waals surface area contributed by atoms with Crippen LogP contribution in [0, 0.1) is 5.92 Å². The number of thiophene rings is 1. The number of fused-ring (bicyclic) bond motifs is 1. The molecule has 0 bridgehead atoms. The summed E-state index contributed by atoms with van der Waals surface area (Å²) in [6.45, 7) is 8.94. The summed E-state index contributed by atoms with van der Waals surface area (Å²) >= 11 is 7.72. The molecule has 1 amide bonds. The monoisotopic (exact) mass is 464 g/mol. The summed E-state index contributed by atoms with van der Waals surface area (Å²) in [6.07, 6.45) is 1.14. The van der Waals surface area contributed by atoms with Gasteiger partial charge < -0.3 is 14.7 Å². The molecular formula is C24H33ClN2O3S. The van der Waals surface area contributed by atoms with Gasteiger partial charge in [-0.25, -0.2) is 0 Å². The topological polar surface area (TPSA) is 53.0 Å². The van der Waals surface area contributed by atoms with E-state index in [4.69, 9.17) is 16.3 Å². The first-order valence-electron chi connectivity index (χ1n) is 11.0. The molecule has 2 atom stereocenters. The third kappa shape index (κ3) is 6.69. The molecule has 0 saturated heterocycles. The van der Waals surface area contributed by atoms with E-state index in [1.54, 1.807) is 23.5 Å². The number of nitrogens with zero attached hydrogens (tertiary/aromatic N) is 2. The van der Waals surface area contributed by atoms with Gasteiger partial charge in [-0.15, -0.1) is 11.3 Å². The Morgan fingerprint density at radius 1 is 1.29 bits per heavy atom. The highest BCUT2D eigenvalue weighted by atomic mass is 35.5. The first kappa shape index (κ1) is 24.1. The first-order chi connectivity index (χ1) is 14.9. The molecule has 0 unspecified atom stereocenters. The predicted octanol–water partition coefficient (Wildman–Crippen LogP) is 4.64. The van der Waals surface area contributed by atoms with Crippen LogP contribution in [0.15, 0.2) is 35.7 Å². The number of benzene rings is 1. The molecule has 0 aliphatic carbocycles. The van der Waals surface area contributed by atoms with Crippen LogP contribution in [-0.2, 0) is 11.2 Å². The van der Waals surface area contributed by atoms with Gasteiger partial charge in [-0.1, -0.05) is 32.4 Å². The van der Waals surface area contributed by atoms with Crippen LogP contribution in [0.5, 0.6) is 5.75 Å². The number of carbonyl (C=O) groups is 1. The van der Waals surface area contributed by atoms with Gasteiger partial charge in [0.1, 0.15) is 12.4 Å². The summed E-state index contributed by atoms with van der Waals surface area (Å²) < 4.78 is 6.06. The SMILES string of the molecule is CC[C@H](O)CN(CC(=O)N1CCc2sccc2[C@H]1COc1ccc(Cl)cc1)CC(C)C. The minimum atomic E-state index is -0.416. The summed E-state index contributed by atoms with van der Waals surface area (Å²) in [4.78, 5) is 18.8. The molecule has 31 heavy (non-hydrogen) atoms. The number of hydrogen-bond donors (Lipinski definition) is 1. The van der Waals surface area contributed by atoms with Crippen LogP contribution in [0.4, 0.5) is 0 Å². The summed E-state index contributed by atoms with van der Waals surface area (Å²) in [7, 11) is 0. The Kier molecular flexibility index (Phi) is 8.78. The Labute approximate surface area is 194 Å². The molecule has 1 N–H and O–H groups in total. The van der Waals surface area contributed by atoms with E-state index < -0.39 is 6.10 Å². The Morgan fingerprint density at radius 2 is 2.03 bits per heavy atom. The third-order valence-corrected chi connectivity index (χ3v) is 6.81. The lowest BCUT2D eigenvalue weighted by Crippen LogP contribution is -2.48. The largest absolute Gasteiger partial charge is 0.491 e. The molecule has 0 fully saturated rings. The van der Waals surface area contributed by atoms with Crippen LogP contribution >= 0.6 is 22.9 Å². The van der Waals surface area contributed by atoms with Gasteiger partial charge in [0, 0.05) is 29.5 Å². The zero-order valence-electron chi connectivity index (χ0n) is 18.6. The van der Waals surface area contributed by atoms with E-state index in [1.165, 1.54) is 10.4 Å². The van der Waals surface area contributed by atoms with E-state index in [0.29, 0.717) is 43.6 Å². The Hall–Kier alpha value is -1.60. The van der Waals surface area contributed by atoms with E-state index in [0.717, 1.165) is 18.7 Å². The minimum Gasteiger partial charge on any atom is -0.491 e. The maximum absolute atomic E-state index is 13.4. The second kappa shape index (κ2) is 11.3. The molecule has 3 rings (SSSR count). The summed E-state index contributed by atoms with van der Waals surface area (Å²) in [5.41, 5.74) is 1.18. The molecule has 1 aliphatic heterocycles. The Morgan fingerprint density at radius 3 is 2.71 bits per heavy atom. The quantitative estimate of drug-likeness (QED) is 0.556. The lowest BCUT2D eigenvalue weighted by molar-refractivity contribution is -0.136. The molecule has 5 nitrogen and oxygen atoms in total. The van der Waals surface area contributed by atoms with E-state index in [2.05, 4.69) is 30.2 Å². The molecule has 7 heteroatoms. The van der Waals surface area contributed by atoms with Crippen LogP contribution in [0.3, 0.4) is 0 Å². The number of carbonyl (C=O) groups excluding carboxylic acids is 1. The number of halogens is 1. The lowest BCUT2D eigenvalue weighted by atomic mass is 10.00. The van der Waals surface area contributed by atoms with Crippen molar-refractivity contribution in [1.82, 2.24) is 9.80 Å². The normalized spacial score (nSPS) is 17.1. The van der Waals surface area contributed by atoms with Gasteiger partial charge in [0.05, 0.1) is 18.7 Å². The number of amides is 1. The highest BCUT2D eigenvalue weighted by Gasteiger charge is 2.33. The van der Waals surface area contributed by atoms with Crippen molar-refractivity contribution in [2.45, 2.75) is 45.8 Å². The minimum absolute atomic E-state index is 0.0884. The molecule has 2 aromatic rings. The number of aliphatic hydroxyl groups excluding tert-OH is 1. The van der Waals surface area contributed by atoms with Crippen LogP contribution in [-0.4, -0.2) is 59.7 Å². The molecule has 1 aromatic carbocycles. The summed E-state index contributed by atoms with van der Waals surface area (Å²) in [5.74, 6) is 1.25. The van der Waals surface area contributed by atoms with Crippen LogP contribution in [0.2, 0.25) is 5.02 Å². The second-order valence-corrected chi connectivity index (χ2v) is 10.0. The average Bonchev–Trinajstić information content (AvgIpc) is 3.21. The van der Waals surface area contributed by atoms with Gasteiger partial charge >= 0.3 is 0 Å². The number of hydrogen-bond acceptors (Lipinski definition) is 5. The van der Waals surface area contributed by atoms with E-state index >= 15 is 0 Å². The van der Waals surface area contributed by atoms with Crippen LogP contribution < -0.4 is 4.74 Å². The van der Waals surface area contributed by atoms with E-state index in [9.17, 15) is 9.90 Å². The molecule has 1 aliphatic rings. The molecule has 0 saturated carbocycles. The first-order valence-corrected chi connectivity index (χ1v) is 12.3. The standard InChI is InChI=1S/C24H33ClN2O3S/c1-4-19(28)14-26(13-17(2)3)15-24(29)27-11-9-23-21(10-12-31-23)22(27)16-30-20-7-5-18(25)6-8-20/h5-8,10,12,17,19,22,28H,4,9,11,13-16H2,1-3H3/t19-,22+/m0/s1.